The molecule has 0 aromatic carbocycles. The van der Waals surface area contributed by atoms with Crippen LogP contribution < -0.4 is 4.90 Å². The molecule has 0 atom stereocenters. The van der Waals surface area contributed by atoms with Crippen LogP contribution in [0, 0.1) is 5.41 Å². The first kappa shape index (κ1) is 20.3. The van der Waals surface area contributed by atoms with Crippen LogP contribution in [0.5, 0.6) is 0 Å². The molecule has 0 amide bonds. The Morgan fingerprint density at radius 3 is 2.68 bits per heavy atom. The third kappa shape index (κ3) is 3.65. The van der Waals surface area contributed by atoms with E-state index in [1.54, 1.807) is 18.5 Å². The van der Waals surface area contributed by atoms with E-state index in [1.165, 1.54) is 27.2 Å². The number of piperidine rings is 1. The first-order chi connectivity index (χ1) is 14.7. The molecule has 1 spiro atoms. The largest absolute Gasteiger partial charge is 0.356 e. The van der Waals surface area contributed by atoms with Gasteiger partial charge < -0.3 is 4.90 Å². The molecule has 0 bridgehead atoms. The molecule has 164 valence electrons. The lowest BCUT2D eigenvalue weighted by Crippen LogP contribution is -2.64. The van der Waals surface area contributed by atoms with Crippen LogP contribution in [0.3, 0.4) is 0 Å². The van der Waals surface area contributed by atoms with E-state index in [0.29, 0.717) is 24.4 Å². The fraction of sp³-hybridized carbons (Fsp3) is 0.450. The Bertz CT molecular complexity index is 1240. The normalized spacial score (nSPS) is 19.3. The maximum atomic E-state index is 13.1. The number of hydrogen-bond acceptors (Lipinski definition) is 6. The van der Waals surface area contributed by atoms with Gasteiger partial charge >= 0.3 is 0 Å². The highest BCUT2D eigenvalue weighted by molar-refractivity contribution is 7.88. The highest BCUT2D eigenvalue weighted by Gasteiger charge is 2.49. The summed E-state index contributed by atoms with van der Waals surface area (Å²) in [7, 11) is -3.16. The molecule has 0 N–H and O–H groups in total. The topological polar surface area (TPSA) is 83.7 Å². The Morgan fingerprint density at radius 2 is 1.94 bits per heavy atom. The molecule has 5 heterocycles. The smallest absolute Gasteiger partial charge is 0.282 e. The Labute approximate surface area is 178 Å². The van der Waals surface area contributed by atoms with E-state index in [2.05, 4.69) is 20.0 Å². The number of sulfonamides is 1. The minimum Gasteiger partial charge on any atom is -0.356 e. The van der Waals surface area contributed by atoms with Crippen molar-refractivity contribution < 1.29 is 17.2 Å². The molecule has 0 aliphatic carbocycles. The van der Waals surface area contributed by atoms with Gasteiger partial charge in [-0.15, -0.1) is 0 Å². The van der Waals surface area contributed by atoms with Crippen LogP contribution in [0.1, 0.15) is 25.0 Å². The van der Waals surface area contributed by atoms with E-state index in [0.717, 1.165) is 37.3 Å². The summed E-state index contributed by atoms with van der Waals surface area (Å²) in [5.74, 6) is 0.773. The molecule has 5 rings (SSSR count). The highest BCUT2D eigenvalue weighted by atomic mass is 32.2. The Balaban J connectivity index is 1.42. The molecule has 11 heteroatoms. The van der Waals surface area contributed by atoms with Crippen LogP contribution in [0.2, 0.25) is 0 Å². The molecule has 2 fully saturated rings. The van der Waals surface area contributed by atoms with Crippen LogP contribution in [0.25, 0.3) is 16.9 Å². The highest BCUT2D eigenvalue weighted by Crippen LogP contribution is 2.41. The lowest BCUT2D eigenvalue weighted by atomic mass is 9.75. The monoisotopic (exact) mass is 448 g/mol. The number of nitrogens with zero attached hydrogens (tertiary/aromatic N) is 6. The van der Waals surface area contributed by atoms with E-state index in [-0.39, 0.29) is 11.1 Å². The molecule has 2 aliphatic rings. The molecule has 0 saturated carbocycles. The van der Waals surface area contributed by atoms with Gasteiger partial charge in [-0.25, -0.2) is 36.0 Å². The molecule has 0 unspecified atom stereocenters. The van der Waals surface area contributed by atoms with Crippen LogP contribution in [-0.4, -0.2) is 64.7 Å². The van der Waals surface area contributed by atoms with Gasteiger partial charge in [0.05, 0.1) is 18.1 Å². The van der Waals surface area contributed by atoms with Crippen molar-refractivity contribution in [2.75, 3.05) is 37.3 Å². The molecule has 3 aromatic rings. The Morgan fingerprint density at radius 1 is 1.13 bits per heavy atom. The van der Waals surface area contributed by atoms with Gasteiger partial charge in [0, 0.05) is 43.4 Å². The van der Waals surface area contributed by atoms with Crippen molar-refractivity contribution in [3.8, 4) is 11.3 Å². The van der Waals surface area contributed by atoms with Gasteiger partial charge in [0.25, 0.3) is 6.43 Å². The predicted octanol–water partition coefficient (Wildman–Crippen LogP) is 2.59. The van der Waals surface area contributed by atoms with Crippen LogP contribution >= 0.6 is 0 Å². The summed E-state index contributed by atoms with van der Waals surface area (Å²) in [4.78, 5) is 11.0. The maximum Gasteiger partial charge on any atom is 0.282 e. The summed E-state index contributed by atoms with van der Waals surface area (Å²) in [6.45, 7) is 2.64. The second kappa shape index (κ2) is 7.20. The number of pyridine rings is 1. The molecule has 2 aliphatic heterocycles. The van der Waals surface area contributed by atoms with Gasteiger partial charge in [-0.3, -0.25) is 0 Å². The van der Waals surface area contributed by atoms with E-state index in [4.69, 9.17) is 0 Å². The third-order valence-electron chi connectivity index (χ3n) is 6.13. The number of fused-ring (bicyclic) bond motifs is 1. The minimum atomic E-state index is -3.16. The van der Waals surface area contributed by atoms with E-state index in [1.807, 2.05) is 6.07 Å². The average molecular weight is 448 g/mol. The van der Waals surface area contributed by atoms with Crippen molar-refractivity contribution in [3.63, 3.8) is 0 Å². The zero-order chi connectivity index (χ0) is 21.8. The SMILES string of the molecule is CS(=O)(=O)N1CC2(CCCN(c3cc(-c4cnc5ccc(C(F)F)nn45)ccn3)C2)C1. The summed E-state index contributed by atoms with van der Waals surface area (Å²) in [5.41, 5.74) is 1.53. The van der Waals surface area contributed by atoms with Gasteiger partial charge in [-0.1, -0.05) is 0 Å². The number of anilines is 1. The summed E-state index contributed by atoms with van der Waals surface area (Å²) in [6, 6.07) is 6.52. The van der Waals surface area contributed by atoms with Crippen LogP contribution in [0.4, 0.5) is 14.6 Å². The van der Waals surface area contributed by atoms with Crippen molar-refractivity contribution in [1.29, 1.82) is 0 Å². The van der Waals surface area contributed by atoms with Gasteiger partial charge in [0.15, 0.2) is 5.65 Å². The third-order valence-corrected chi connectivity index (χ3v) is 7.32. The number of aromatic nitrogens is 4. The molecule has 0 radical (unpaired) electrons. The molecular formula is C20H22F2N6O2S. The fourth-order valence-corrected chi connectivity index (χ4v) is 5.57. The van der Waals surface area contributed by atoms with Gasteiger partial charge in [0.1, 0.15) is 11.5 Å². The molecule has 3 aromatic heterocycles. The van der Waals surface area contributed by atoms with Crippen LogP contribution in [-0.2, 0) is 10.0 Å². The lowest BCUT2D eigenvalue weighted by Gasteiger charge is -2.53. The van der Waals surface area contributed by atoms with Crippen molar-refractivity contribution >= 4 is 21.5 Å². The Kier molecular flexibility index (Phi) is 4.70. The second-order valence-electron chi connectivity index (χ2n) is 8.43. The van der Waals surface area contributed by atoms with Gasteiger partial charge in [-0.2, -0.15) is 5.10 Å². The standard InChI is InChI=1S/C20H22F2N6O2S/c1-31(29,30)27-12-20(13-27)6-2-8-26(11-20)18-9-14(5-7-23-18)16-10-24-17-4-3-15(19(21)22)25-28(16)17/h3-5,7,9-10,19H,2,6,8,11-13H2,1H3. The quantitative estimate of drug-likeness (QED) is 0.610. The average Bonchev–Trinajstić information content (AvgIpc) is 3.14. The Hall–Kier alpha value is -2.66. The first-order valence-electron chi connectivity index (χ1n) is 10.0. The molecule has 8 nitrogen and oxygen atoms in total. The minimum absolute atomic E-state index is 0.0456. The summed E-state index contributed by atoms with van der Waals surface area (Å²) < 4.78 is 52.7. The van der Waals surface area contributed by atoms with Crippen molar-refractivity contribution in [3.05, 3.63) is 42.4 Å². The first-order valence-corrected chi connectivity index (χ1v) is 11.9. The number of imidazole rings is 1. The van der Waals surface area contributed by atoms with Gasteiger partial charge in [-0.05, 0) is 37.1 Å². The number of rotatable bonds is 4. The van der Waals surface area contributed by atoms with E-state index < -0.39 is 16.4 Å². The second-order valence-corrected chi connectivity index (χ2v) is 10.4. The summed E-state index contributed by atoms with van der Waals surface area (Å²) in [6.07, 6.45) is 3.83. The zero-order valence-corrected chi connectivity index (χ0v) is 17.8. The number of alkyl halides is 2. The molecule has 31 heavy (non-hydrogen) atoms. The van der Waals surface area contributed by atoms with Crippen LogP contribution in [0.15, 0.2) is 36.7 Å². The van der Waals surface area contributed by atoms with E-state index >= 15 is 0 Å². The summed E-state index contributed by atoms with van der Waals surface area (Å²) in [5, 5.41) is 4.04. The lowest BCUT2D eigenvalue weighted by molar-refractivity contribution is 0.0540. The number of halogens is 2. The van der Waals surface area contributed by atoms with Crippen molar-refractivity contribution in [2.45, 2.75) is 19.3 Å². The van der Waals surface area contributed by atoms with Crippen molar-refractivity contribution in [1.82, 2.24) is 23.9 Å². The van der Waals surface area contributed by atoms with Crippen molar-refractivity contribution in [2.24, 2.45) is 5.41 Å². The zero-order valence-electron chi connectivity index (χ0n) is 16.9. The van der Waals surface area contributed by atoms with E-state index in [9.17, 15) is 17.2 Å². The predicted molar refractivity (Wildman–Crippen MR) is 111 cm³/mol. The maximum absolute atomic E-state index is 13.1. The van der Waals surface area contributed by atoms with Gasteiger partial charge in [0.2, 0.25) is 10.0 Å². The molecular weight excluding hydrogens is 426 g/mol. The summed E-state index contributed by atoms with van der Waals surface area (Å²) >= 11 is 0. The fourth-order valence-electron chi connectivity index (χ4n) is 4.55. The molecule has 2 saturated heterocycles. The number of hydrogen-bond donors (Lipinski definition) is 0.